The Morgan fingerprint density at radius 3 is 2.79 bits per heavy atom. The lowest BCUT2D eigenvalue weighted by Gasteiger charge is -2.22. The zero-order chi connectivity index (χ0) is 13.2. The van der Waals surface area contributed by atoms with Crippen LogP contribution >= 0.6 is 15.9 Å². The second-order valence-corrected chi connectivity index (χ2v) is 6.14. The molecule has 4 heteroatoms. The summed E-state index contributed by atoms with van der Waals surface area (Å²) in [7, 11) is 0. The van der Waals surface area contributed by atoms with Crippen molar-refractivity contribution in [2.75, 3.05) is 0 Å². The van der Waals surface area contributed by atoms with E-state index in [1.54, 1.807) is 0 Å². The Labute approximate surface area is 120 Å². The zero-order valence-corrected chi connectivity index (χ0v) is 12.3. The molecule has 2 aromatic rings. The number of benzene rings is 1. The number of H-pyrrole nitrogens is 1. The second-order valence-electron chi connectivity index (χ2n) is 5.22. The van der Waals surface area contributed by atoms with Crippen molar-refractivity contribution in [2.24, 2.45) is 0 Å². The Bertz CT molecular complexity index is 599. The van der Waals surface area contributed by atoms with Crippen LogP contribution in [0, 0.1) is 0 Å². The minimum atomic E-state index is 0.0132. The van der Waals surface area contributed by atoms with Crippen molar-refractivity contribution in [3.63, 3.8) is 0 Å². The smallest absolute Gasteiger partial charge is 0.267 e. The molecule has 0 aliphatic heterocycles. The molecule has 1 aromatic carbocycles. The number of halogens is 1. The molecular weight excluding hydrogens is 304 g/mol. The van der Waals surface area contributed by atoms with Crippen LogP contribution in [0.25, 0.3) is 10.9 Å². The third kappa shape index (κ3) is 2.84. The predicted molar refractivity (Wildman–Crippen MR) is 80.3 cm³/mol. The molecule has 0 bridgehead atoms. The van der Waals surface area contributed by atoms with E-state index in [2.05, 4.69) is 26.2 Å². The van der Waals surface area contributed by atoms with Crippen LogP contribution in [0.15, 0.2) is 28.7 Å². The Morgan fingerprint density at radius 2 is 2.00 bits per heavy atom. The first-order valence-corrected chi connectivity index (χ1v) is 7.61. The molecule has 0 atom stereocenters. The number of hydrogen-bond donors (Lipinski definition) is 2. The van der Waals surface area contributed by atoms with E-state index >= 15 is 0 Å². The van der Waals surface area contributed by atoms with Crippen LogP contribution in [0.2, 0.25) is 0 Å². The normalized spacial score (nSPS) is 16.7. The van der Waals surface area contributed by atoms with E-state index in [0.717, 1.165) is 28.2 Å². The van der Waals surface area contributed by atoms with Gasteiger partial charge in [0.15, 0.2) is 0 Å². The van der Waals surface area contributed by atoms with Crippen molar-refractivity contribution < 1.29 is 4.79 Å². The molecular formula is C15H17BrN2O. The Kier molecular flexibility index (Phi) is 3.60. The van der Waals surface area contributed by atoms with Crippen molar-refractivity contribution >= 4 is 32.7 Å². The van der Waals surface area contributed by atoms with Gasteiger partial charge in [0.05, 0.1) is 0 Å². The minimum absolute atomic E-state index is 0.0132. The maximum Gasteiger partial charge on any atom is 0.267 e. The van der Waals surface area contributed by atoms with Crippen LogP contribution in [0.1, 0.15) is 42.6 Å². The van der Waals surface area contributed by atoms with Gasteiger partial charge in [-0.15, -0.1) is 0 Å². The molecule has 19 heavy (non-hydrogen) atoms. The zero-order valence-electron chi connectivity index (χ0n) is 10.7. The highest BCUT2D eigenvalue weighted by Gasteiger charge is 2.17. The highest BCUT2D eigenvalue weighted by molar-refractivity contribution is 9.10. The van der Waals surface area contributed by atoms with Gasteiger partial charge in [0, 0.05) is 21.4 Å². The summed E-state index contributed by atoms with van der Waals surface area (Å²) in [6, 6.07) is 8.25. The molecule has 0 unspecified atom stereocenters. The first kappa shape index (κ1) is 12.7. The average Bonchev–Trinajstić information content (AvgIpc) is 2.83. The molecule has 3 rings (SSSR count). The number of hydrogen-bond acceptors (Lipinski definition) is 1. The fourth-order valence-corrected chi connectivity index (χ4v) is 3.09. The van der Waals surface area contributed by atoms with E-state index in [9.17, 15) is 4.79 Å². The van der Waals surface area contributed by atoms with Gasteiger partial charge >= 0.3 is 0 Å². The topological polar surface area (TPSA) is 44.9 Å². The first-order valence-electron chi connectivity index (χ1n) is 6.81. The van der Waals surface area contributed by atoms with Crippen molar-refractivity contribution in [3.8, 4) is 0 Å². The molecule has 0 saturated heterocycles. The van der Waals surface area contributed by atoms with Crippen molar-refractivity contribution in [3.05, 3.63) is 34.4 Å². The molecule has 1 saturated carbocycles. The summed E-state index contributed by atoms with van der Waals surface area (Å²) in [5.74, 6) is 0.0132. The van der Waals surface area contributed by atoms with Crippen molar-refractivity contribution in [1.29, 1.82) is 0 Å². The van der Waals surface area contributed by atoms with E-state index in [1.807, 2.05) is 24.3 Å². The van der Waals surface area contributed by atoms with E-state index in [-0.39, 0.29) is 5.91 Å². The lowest BCUT2D eigenvalue weighted by Crippen LogP contribution is -2.36. The van der Waals surface area contributed by atoms with Crippen LogP contribution in [0.5, 0.6) is 0 Å². The summed E-state index contributed by atoms with van der Waals surface area (Å²) in [5, 5.41) is 4.20. The monoisotopic (exact) mass is 320 g/mol. The van der Waals surface area contributed by atoms with E-state index in [1.165, 1.54) is 19.3 Å². The lowest BCUT2D eigenvalue weighted by molar-refractivity contribution is 0.0923. The van der Waals surface area contributed by atoms with Gasteiger partial charge in [-0.2, -0.15) is 0 Å². The maximum atomic E-state index is 12.2. The SMILES string of the molecule is O=C(NC1CCCCC1)c1cc2ccc(Br)cc2[nH]1. The Hall–Kier alpha value is -1.29. The molecule has 0 radical (unpaired) electrons. The van der Waals surface area contributed by atoms with Crippen molar-refractivity contribution in [1.82, 2.24) is 10.3 Å². The molecule has 1 amide bonds. The first-order chi connectivity index (χ1) is 9.22. The number of nitrogens with one attached hydrogen (secondary N) is 2. The van der Waals surface area contributed by atoms with Crippen molar-refractivity contribution in [2.45, 2.75) is 38.1 Å². The largest absolute Gasteiger partial charge is 0.350 e. The summed E-state index contributed by atoms with van der Waals surface area (Å²) < 4.78 is 1.01. The highest BCUT2D eigenvalue weighted by Crippen LogP contribution is 2.21. The van der Waals surface area contributed by atoms with Gasteiger partial charge < -0.3 is 10.3 Å². The van der Waals surface area contributed by atoms with Gasteiger partial charge in [-0.25, -0.2) is 0 Å². The van der Waals surface area contributed by atoms with Crippen LogP contribution < -0.4 is 5.32 Å². The lowest BCUT2D eigenvalue weighted by atomic mass is 9.95. The van der Waals surface area contributed by atoms with Crippen LogP contribution in [-0.2, 0) is 0 Å². The van der Waals surface area contributed by atoms with Crippen LogP contribution in [-0.4, -0.2) is 16.9 Å². The molecule has 100 valence electrons. The van der Waals surface area contributed by atoms with Gasteiger partial charge in [0.2, 0.25) is 0 Å². The third-order valence-electron chi connectivity index (χ3n) is 3.77. The molecule has 1 heterocycles. The molecule has 1 aliphatic rings. The minimum Gasteiger partial charge on any atom is -0.350 e. The molecule has 1 fully saturated rings. The number of rotatable bonds is 2. The summed E-state index contributed by atoms with van der Waals surface area (Å²) in [5.41, 5.74) is 1.64. The standard InChI is InChI=1S/C15H17BrN2O/c16-11-7-6-10-8-14(18-13(10)9-11)15(19)17-12-4-2-1-3-5-12/h6-9,12,18H,1-5H2,(H,17,19). The average molecular weight is 321 g/mol. The van der Waals surface area contributed by atoms with Gasteiger partial charge in [-0.1, -0.05) is 41.3 Å². The molecule has 1 aromatic heterocycles. The van der Waals surface area contributed by atoms with Crippen LogP contribution in [0.3, 0.4) is 0 Å². The van der Waals surface area contributed by atoms with E-state index in [4.69, 9.17) is 0 Å². The number of aromatic nitrogens is 1. The fourth-order valence-electron chi connectivity index (χ4n) is 2.73. The quantitative estimate of drug-likeness (QED) is 0.863. The molecule has 0 spiro atoms. The van der Waals surface area contributed by atoms with Gasteiger partial charge in [0.1, 0.15) is 5.69 Å². The number of aromatic amines is 1. The third-order valence-corrected chi connectivity index (χ3v) is 4.26. The van der Waals surface area contributed by atoms with E-state index < -0.39 is 0 Å². The molecule has 2 N–H and O–H groups in total. The number of amides is 1. The number of fused-ring (bicyclic) bond motifs is 1. The second kappa shape index (κ2) is 5.37. The molecule has 3 nitrogen and oxygen atoms in total. The Morgan fingerprint density at radius 1 is 1.21 bits per heavy atom. The number of carbonyl (C=O) groups is 1. The fraction of sp³-hybridized carbons (Fsp3) is 0.400. The molecule has 1 aliphatic carbocycles. The number of carbonyl (C=O) groups excluding carboxylic acids is 1. The van der Waals surface area contributed by atoms with Gasteiger partial charge in [0.25, 0.3) is 5.91 Å². The van der Waals surface area contributed by atoms with Crippen LogP contribution in [0.4, 0.5) is 0 Å². The summed E-state index contributed by atoms with van der Waals surface area (Å²) in [4.78, 5) is 15.4. The van der Waals surface area contributed by atoms with E-state index in [0.29, 0.717) is 11.7 Å². The summed E-state index contributed by atoms with van der Waals surface area (Å²) >= 11 is 3.44. The van der Waals surface area contributed by atoms with Gasteiger partial charge in [-0.05, 0) is 31.0 Å². The summed E-state index contributed by atoms with van der Waals surface area (Å²) in [6.45, 7) is 0. The highest BCUT2D eigenvalue weighted by atomic mass is 79.9. The Balaban J connectivity index is 1.77. The predicted octanol–water partition coefficient (Wildman–Crippen LogP) is 3.99. The summed E-state index contributed by atoms with van der Waals surface area (Å²) in [6.07, 6.45) is 5.97. The maximum absolute atomic E-state index is 12.2. The van der Waals surface area contributed by atoms with Gasteiger partial charge in [-0.3, -0.25) is 4.79 Å².